The van der Waals surface area contributed by atoms with Crippen LogP contribution in [0.3, 0.4) is 0 Å². The molecule has 0 saturated carbocycles. The monoisotopic (exact) mass is 482 g/mol. The summed E-state index contributed by atoms with van der Waals surface area (Å²) < 4.78 is 47.8. The van der Waals surface area contributed by atoms with Gasteiger partial charge in [0.1, 0.15) is 17.3 Å². The standard InChI is InChI=1S/C25H17F3N2O5/c26-25(27,28)35-18-3-1-2-17(13-18)30-21(14-6-9-29-10-7-14)20(23(32)24(30)33)22(31)16-4-5-19-15(12-16)8-11-34-19/h1-7,9-10,12-13,21,31H,8,11H2/b22-20-. The highest BCUT2D eigenvalue weighted by molar-refractivity contribution is 6.51. The summed E-state index contributed by atoms with van der Waals surface area (Å²) in [5, 5.41) is 11.2. The van der Waals surface area contributed by atoms with Crippen molar-refractivity contribution in [2.24, 2.45) is 0 Å². The molecule has 3 aromatic rings. The molecule has 1 saturated heterocycles. The van der Waals surface area contributed by atoms with E-state index < -0.39 is 35.6 Å². The molecule has 0 aliphatic carbocycles. The first-order chi connectivity index (χ1) is 16.7. The van der Waals surface area contributed by atoms with Crippen molar-refractivity contribution in [1.82, 2.24) is 4.98 Å². The summed E-state index contributed by atoms with van der Waals surface area (Å²) in [7, 11) is 0. The van der Waals surface area contributed by atoms with Gasteiger partial charge < -0.3 is 14.6 Å². The van der Waals surface area contributed by atoms with E-state index in [-0.39, 0.29) is 11.3 Å². The molecule has 2 aliphatic rings. The van der Waals surface area contributed by atoms with Crippen LogP contribution in [0.1, 0.15) is 22.7 Å². The second kappa shape index (κ2) is 8.46. The van der Waals surface area contributed by atoms with Crippen LogP contribution in [-0.4, -0.2) is 34.8 Å². The van der Waals surface area contributed by atoms with Gasteiger partial charge in [-0.2, -0.15) is 0 Å². The van der Waals surface area contributed by atoms with Crippen molar-refractivity contribution < 1.29 is 37.3 Å². The number of benzene rings is 2. The number of rotatable bonds is 4. The molecule has 0 radical (unpaired) electrons. The van der Waals surface area contributed by atoms with Gasteiger partial charge in [0.2, 0.25) is 0 Å². The fourth-order valence-corrected chi connectivity index (χ4v) is 4.28. The molecule has 3 heterocycles. The molecule has 178 valence electrons. The summed E-state index contributed by atoms with van der Waals surface area (Å²) in [4.78, 5) is 31.3. The summed E-state index contributed by atoms with van der Waals surface area (Å²) in [6.07, 6.45) is -1.41. The molecule has 35 heavy (non-hydrogen) atoms. The number of halogens is 3. The molecule has 1 fully saturated rings. The third kappa shape index (κ3) is 4.18. The number of alkyl halides is 3. The van der Waals surface area contributed by atoms with Crippen LogP contribution in [0.15, 0.2) is 72.6 Å². The Hall–Kier alpha value is -4.34. The molecule has 1 atom stereocenters. The number of carbonyl (C=O) groups excluding carboxylic acids is 2. The Kier molecular flexibility index (Phi) is 5.43. The Balaban J connectivity index is 1.65. The number of pyridine rings is 1. The molecule has 2 aliphatic heterocycles. The van der Waals surface area contributed by atoms with E-state index in [2.05, 4.69) is 9.72 Å². The predicted octanol–water partition coefficient (Wildman–Crippen LogP) is 4.54. The highest BCUT2D eigenvalue weighted by atomic mass is 19.4. The zero-order chi connectivity index (χ0) is 24.7. The number of hydrogen-bond acceptors (Lipinski definition) is 6. The molecule has 1 N–H and O–H groups in total. The number of aliphatic hydroxyl groups is 1. The SMILES string of the molecule is O=C1C(=O)N(c2cccc(OC(F)(F)F)c2)C(c2ccncc2)/C1=C(/O)c1ccc2c(c1)CCO2. The van der Waals surface area contributed by atoms with Crippen molar-refractivity contribution in [2.45, 2.75) is 18.8 Å². The minimum absolute atomic E-state index is 0.00272. The molecule has 10 heteroatoms. The lowest BCUT2D eigenvalue weighted by Crippen LogP contribution is -2.29. The fraction of sp³-hybridized carbons (Fsp3) is 0.160. The summed E-state index contributed by atoms with van der Waals surface area (Å²) in [6, 6.07) is 11.7. The molecule has 1 aromatic heterocycles. The van der Waals surface area contributed by atoms with E-state index in [1.807, 2.05) is 0 Å². The number of aromatic nitrogens is 1. The minimum Gasteiger partial charge on any atom is -0.507 e. The van der Waals surface area contributed by atoms with Crippen LogP contribution in [-0.2, 0) is 16.0 Å². The fourth-order valence-electron chi connectivity index (χ4n) is 4.28. The molecule has 0 bridgehead atoms. The summed E-state index contributed by atoms with van der Waals surface area (Å²) in [5.41, 5.74) is 1.41. The lowest BCUT2D eigenvalue weighted by Gasteiger charge is -2.25. The maximum absolute atomic E-state index is 13.2. The average molecular weight is 482 g/mol. The lowest BCUT2D eigenvalue weighted by molar-refractivity contribution is -0.274. The van der Waals surface area contributed by atoms with Gasteiger partial charge in [-0.3, -0.25) is 19.5 Å². The van der Waals surface area contributed by atoms with Crippen molar-refractivity contribution in [3.8, 4) is 11.5 Å². The first-order valence-corrected chi connectivity index (χ1v) is 10.6. The Morgan fingerprint density at radius 1 is 1.09 bits per heavy atom. The van der Waals surface area contributed by atoms with E-state index in [0.717, 1.165) is 22.6 Å². The zero-order valence-corrected chi connectivity index (χ0v) is 18.0. The van der Waals surface area contributed by atoms with Gasteiger partial charge in [-0.1, -0.05) is 6.07 Å². The van der Waals surface area contributed by atoms with E-state index in [0.29, 0.717) is 29.9 Å². The van der Waals surface area contributed by atoms with Crippen LogP contribution in [0, 0.1) is 0 Å². The minimum atomic E-state index is -4.94. The third-order valence-electron chi connectivity index (χ3n) is 5.76. The van der Waals surface area contributed by atoms with Gasteiger partial charge in [-0.25, -0.2) is 0 Å². The Labute approximate surface area is 197 Å². The van der Waals surface area contributed by atoms with Gasteiger partial charge >= 0.3 is 6.36 Å². The molecule has 7 nitrogen and oxygen atoms in total. The molecule has 1 unspecified atom stereocenters. The molecule has 2 aromatic carbocycles. The average Bonchev–Trinajstić information content (AvgIpc) is 3.40. The number of fused-ring (bicyclic) bond motifs is 1. The van der Waals surface area contributed by atoms with Gasteiger partial charge in [0, 0.05) is 36.1 Å². The summed E-state index contributed by atoms with van der Waals surface area (Å²) in [6.45, 7) is 0.497. The second-order valence-corrected chi connectivity index (χ2v) is 7.92. The van der Waals surface area contributed by atoms with E-state index in [9.17, 15) is 27.9 Å². The van der Waals surface area contributed by atoms with Gasteiger partial charge in [-0.15, -0.1) is 13.2 Å². The largest absolute Gasteiger partial charge is 0.573 e. The number of amides is 1. The van der Waals surface area contributed by atoms with Crippen LogP contribution in [0.2, 0.25) is 0 Å². The zero-order valence-electron chi connectivity index (χ0n) is 18.0. The smallest absolute Gasteiger partial charge is 0.507 e. The van der Waals surface area contributed by atoms with Gasteiger partial charge in [-0.05, 0) is 53.6 Å². The van der Waals surface area contributed by atoms with E-state index >= 15 is 0 Å². The van der Waals surface area contributed by atoms with E-state index in [1.54, 1.807) is 30.3 Å². The Morgan fingerprint density at radius 2 is 1.86 bits per heavy atom. The normalized spacial score (nSPS) is 18.9. The van der Waals surface area contributed by atoms with Crippen molar-refractivity contribution in [1.29, 1.82) is 0 Å². The first kappa shape index (κ1) is 22.5. The first-order valence-electron chi connectivity index (χ1n) is 10.6. The summed E-state index contributed by atoms with van der Waals surface area (Å²) >= 11 is 0. The molecular weight excluding hydrogens is 465 g/mol. The van der Waals surface area contributed by atoms with Crippen molar-refractivity contribution in [2.75, 3.05) is 11.5 Å². The van der Waals surface area contributed by atoms with Crippen LogP contribution in [0.4, 0.5) is 18.9 Å². The highest BCUT2D eigenvalue weighted by Gasteiger charge is 2.47. The molecule has 0 spiro atoms. The number of ether oxygens (including phenoxy) is 2. The maximum Gasteiger partial charge on any atom is 0.573 e. The van der Waals surface area contributed by atoms with Crippen molar-refractivity contribution >= 4 is 23.1 Å². The van der Waals surface area contributed by atoms with E-state index in [4.69, 9.17) is 4.74 Å². The maximum atomic E-state index is 13.2. The topological polar surface area (TPSA) is 89.0 Å². The van der Waals surface area contributed by atoms with Gasteiger partial charge in [0.25, 0.3) is 11.7 Å². The molecular formula is C25H17F3N2O5. The molecule has 1 amide bonds. The van der Waals surface area contributed by atoms with Crippen LogP contribution >= 0.6 is 0 Å². The quantitative estimate of drug-likeness (QED) is 0.334. The summed E-state index contributed by atoms with van der Waals surface area (Å²) in [5.74, 6) is -2.24. The lowest BCUT2D eigenvalue weighted by atomic mass is 9.95. The highest BCUT2D eigenvalue weighted by Crippen LogP contribution is 2.43. The van der Waals surface area contributed by atoms with Crippen molar-refractivity contribution in [3.63, 3.8) is 0 Å². The van der Waals surface area contributed by atoms with Gasteiger partial charge in [0.05, 0.1) is 18.2 Å². The van der Waals surface area contributed by atoms with Crippen LogP contribution in [0.5, 0.6) is 11.5 Å². The third-order valence-corrected chi connectivity index (χ3v) is 5.76. The predicted molar refractivity (Wildman–Crippen MR) is 118 cm³/mol. The molecule has 5 rings (SSSR count). The van der Waals surface area contributed by atoms with Crippen molar-refractivity contribution in [3.05, 3.63) is 89.3 Å². The van der Waals surface area contributed by atoms with E-state index in [1.165, 1.54) is 24.5 Å². The Morgan fingerprint density at radius 3 is 2.60 bits per heavy atom. The number of hydrogen-bond donors (Lipinski definition) is 1. The van der Waals surface area contributed by atoms with Crippen LogP contribution < -0.4 is 14.4 Å². The number of ketones is 1. The number of anilines is 1. The van der Waals surface area contributed by atoms with Gasteiger partial charge in [0.15, 0.2) is 0 Å². The number of carbonyl (C=O) groups is 2. The van der Waals surface area contributed by atoms with Crippen LogP contribution in [0.25, 0.3) is 5.76 Å². The Bertz CT molecular complexity index is 1350. The number of aliphatic hydroxyl groups excluding tert-OH is 1. The number of nitrogens with zero attached hydrogens (tertiary/aromatic N) is 2. The number of Topliss-reactive ketones (excluding diaryl/α,β-unsaturated/α-hetero) is 1. The second-order valence-electron chi connectivity index (χ2n) is 7.92.